The molecule has 4 aliphatic carbocycles. The van der Waals surface area contributed by atoms with Crippen molar-refractivity contribution in [1.82, 2.24) is 19.9 Å². The number of pyridine rings is 8. The Kier molecular flexibility index (Phi) is 18.2. The number of nitrogens with zero attached hydrogens (tertiary/aromatic N) is 8. The second kappa shape index (κ2) is 28.9. The lowest BCUT2D eigenvalue weighted by atomic mass is 9.76. The first-order valence-electron chi connectivity index (χ1n) is 44.3. The summed E-state index contributed by atoms with van der Waals surface area (Å²) in [6, 6.07) is 76.7. The van der Waals surface area contributed by atoms with Gasteiger partial charge in [-0.3, -0.25) is 4.98 Å². The van der Waals surface area contributed by atoms with Crippen LogP contribution in [0.25, 0.3) is 178 Å². The summed E-state index contributed by atoms with van der Waals surface area (Å²) in [4.78, 5) is 20.1. The molecule has 0 saturated carbocycles. The van der Waals surface area contributed by atoms with E-state index in [-0.39, 0.29) is 21.7 Å². The zero-order valence-corrected chi connectivity index (χ0v) is 75.7. The number of aromatic nitrogens is 8. The largest absolute Gasteiger partial charge is 0.455 e. The molecular formula is C114H104N8O4+4. The molecule has 0 radical (unpaired) electrons. The van der Waals surface area contributed by atoms with Crippen LogP contribution in [-0.4, -0.2) is 19.9 Å². The van der Waals surface area contributed by atoms with Gasteiger partial charge in [0, 0.05) is 142 Å². The van der Waals surface area contributed by atoms with Gasteiger partial charge in [0.15, 0.2) is 41.5 Å². The van der Waals surface area contributed by atoms with Gasteiger partial charge in [-0.1, -0.05) is 183 Å². The second-order valence-corrected chi connectivity index (χ2v) is 37.6. The maximum atomic E-state index is 6.60. The lowest BCUT2D eigenvalue weighted by molar-refractivity contribution is -0.660. The van der Waals surface area contributed by atoms with Crippen LogP contribution in [0.5, 0.6) is 0 Å². The third-order valence-corrected chi connectivity index (χ3v) is 28.5. The molecule has 0 spiro atoms. The summed E-state index contributed by atoms with van der Waals surface area (Å²) in [6.45, 7) is 35.3. The number of aryl methyl sites for hydroxylation is 12. The number of fused-ring (bicyclic) bond motifs is 24. The molecule has 620 valence electrons. The Morgan fingerprint density at radius 1 is 0.286 bits per heavy atom. The summed E-state index contributed by atoms with van der Waals surface area (Å²) < 4.78 is 34.9. The van der Waals surface area contributed by atoms with Crippen LogP contribution in [0.3, 0.4) is 0 Å². The molecule has 8 aromatic carbocycles. The molecule has 12 nitrogen and oxygen atoms in total. The third kappa shape index (κ3) is 11.9. The minimum absolute atomic E-state index is 0.0547. The van der Waals surface area contributed by atoms with Gasteiger partial charge in [-0.25, -0.2) is 33.2 Å². The fraction of sp³-hybridized carbons (Fsp3) is 0.228. The Hall–Kier alpha value is -13.8. The van der Waals surface area contributed by atoms with Gasteiger partial charge in [0.1, 0.15) is 39.4 Å². The van der Waals surface area contributed by atoms with Crippen LogP contribution in [-0.2, 0) is 49.9 Å². The molecule has 0 aliphatic heterocycles. The minimum Gasteiger partial charge on any atom is -0.455 e. The molecule has 4 aliphatic rings. The topological polar surface area (TPSA) is 120 Å². The number of benzene rings is 8. The summed E-state index contributed by atoms with van der Waals surface area (Å²) in [5.74, 6) is 0. The normalized spacial score (nSPS) is 14.2. The summed E-state index contributed by atoms with van der Waals surface area (Å²) in [5.41, 5.74) is 45.3. The maximum Gasteiger partial charge on any atom is 0.227 e. The Morgan fingerprint density at radius 3 is 1.12 bits per heavy atom. The average Bonchev–Trinajstić information content (AvgIpc) is 1.57. The van der Waals surface area contributed by atoms with Crippen molar-refractivity contribution in [3.63, 3.8) is 0 Å². The molecule has 0 fully saturated rings. The van der Waals surface area contributed by atoms with Gasteiger partial charge >= 0.3 is 0 Å². The fourth-order valence-electron chi connectivity index (χ4n) is 21.5. The first-order valence-corrected chi connectivity index (χ1v) is 44.3. The molecule has 0 amide bonds. The van der Waals surface area contributed by atoms with Gasteiger partial charge in [0.05, 0.1) is 45.0 Å². The predicted molar refractivity (Wildman–Crippen MR) is 510 cm³/mol. The van der Waals surface area contributed by atoms with Gasteiger partial charge in [-0.2, -0.15) is 0 Å². The van der Waals surface area contributed by atoms with Crippen molar-refractivity contribution >= 4 is 88.1 Å². The van der Waals surface area contributed by atoms with Gasteiger partial charge in [-0.15, -0.1) is 0 Å². The quantitative estimate of drug-likeness (QED) is 0.151. The highest BCUT2D eigenvalue weighted by molar-refractivity contribution is 6.15. The molecule has 12 heterocycles. The van der Waals surface area contributed by atoms with Crippen molar-refractivity contribution in [1.29, 1.82) is 0 Å². The molecule has 0 atom stereocenters. The monoisotopic (exact) mass is 1650 g/mol. The lowest BCUT2D eigenvalue weighted by Crippen LogP contribution is -2.30. The summed E-state index contributed by atoms with van der Waals surface area (Å²) in [6.07, 6.45) is 12.4. The van der Waals surface area contributed by atoms with E-state index in [9.17, 15) is 0 Å². The van der Waals surface area contributed by atoms with Crippen LogP contribution in [0, 0.1) is 55.4 Å². The van der Waals surface area contributed by atoms with E-state index in [0.29, 0.717) is 5.71 Å². The van der Waals surface area contributed by atoms with Gasteiger partial charge in [-0.05, 0) is 194 Å². The number of furan rings is 4. The summed E-state index contributed by atoms with van der Waals surface area (Å²) in [5, 5.41) is 8.97. The van der Waals surface area contributed by atoms with E-state index in [1.807, 2.05) is 12.3 Å². The van der Waals surface area contributed by atoms with Crippen molar-refractivity contribution in [3.05, 3.63) is 333 Å². The van der Waals surface area contributed by atoms with Crippen LogP contribution in [0.4, 0.5) is 0 Å². The standard InChI is InChI=1S/C30H29N2O.3C28H25N2O/c1-6-30(7-2)24-11-9-8-10-20(24)22-17-23-21-13-12-19(4)26(25-16-18(3)14-15-32(25)5)27(21)33-29(23)31-28(22)30;1-16-10-12-30(5)23(13-16)25-17(2)8-9-18-21-14-20-19-7-6-11-29-27(19)28(3,4)22(20)15-24(21)31-26(18)25;1-16-12-13-30(5)23(14-16)24-17(2)10-11-18-20-15-22-25(29-27(20)31-26(18)24)19-8-6-7-9-21(19)28(22,3)4;1-16-12-13-30(5)23(14-16)24-17(2)10-11-19-21-15-20-18-8-6-7-9-22(18)28(3,4)26(20)29-27(21)31-25(19)24/h8-17H,6-7H2,1-5H3;3*6-15H,1-5H3/q4*+1. The number of hydrogen-bond acceptors (Lipinski definition) is 8. The van der Waals surface area contributed by atoms with E-state index >= 15 is 0 Å². The molecule has 0 saturated heterocycles. The van der Waals surface area contributed by atoms with Crippen molar-refractivity contribution in [2.24, 2.45) is 28.2 Å². The zero-order chi connectivity index (χ0) is 87.4. The molecule has 0 N–H and O–H groups in total. The fourth-order valence-corrected chi connectivity index (χ4v) is 21.5. The lowest BCUT2D eigenvalue weighted by Gasteiger charge is -2.28. The van der Waals surface area contributed by atoms with Crippen molar-refractivity contribution in [3.8, 4) is 89.7 Å². The Morgan fingerprint density at radius 2 is 0.651 bits per heavy atom. The number of rotatable bonds is 6. The van der Waals surface area contributed by atoms with Crippen molar-refractivity contribution in [2.45, 2.75) is 145 Å². The Bertz CT molecular complexity index is 7750. The highest BCUT2D eigenvalue weighted by atomic mass is 16.4. The van der Waals surface area contributed by atoms with E-state index in [0.717, 1.165) is 146 Å². The van der Waals surface area contributed by atoms with Gasteiger partial charge in [0.25, 0.3) is 0 Å². The third-order valence-electron chi connectivity index (χ3n) is 28.5. The van der Waals surface area contributed by atoms with Crippen LogP contribution < -0.4 is 18.3 Å². The van der Waals surface area contributed by atoms with Crippen LogP contribution in [0.2, 0.25) is 0 Å². The Labute approximate surface area is 735 Å². The van der Waals surface area contributed by atoms with Crippen molar-refractivity contribution < 1.29 is 35.9 Å². The second-order valence-electron chi connectivity index (χ2n) is 37.6. The van der Waals surface area contributed by atoms with E-state index in [1.165, 1.54) is 128 Å². The summed E-state index contributed by atoms with van der Waals surface area (Å²) >= 11 is 0. The van der Waals surface area contributed by atoms with Crippen LogP contribution in [0.1, 0.15) is 158 Å². The van der Waals surface area contributed by atoms with Gasteiger partial charge < -0.3 is 17.7 Å². The molecule has 20 aromatic rings. The number of hydrogen-bond donors (Lipinski definition) is 0. The van der Waals surface area contributed by atoms with Crippen LogP contribution >= 0.6 is 0 Å². The maximum absolute atomic E-state index is 6.60. The molecular weight excluding hydrogens is 1550 g/mol. The molecule has 0 bridgehead atoms. The SMILES string of the molecule is CCC1(CC)c2ccccc2-c2cc3c(nc21)oc1c(-c2cc(C)cc[n+]2C)c(C)ccc13.Cc1cc[n+](C)c(-c2c(C)ccc3c2oc2cc4c(cc23)-c2cccnc2C4(C)C)c1.Cc1cc[n+](C)c(-c2c(C)ccc3c2oc2nc4c(cc23)-c2ccccc2C4(C)C)c1.Cc1cc[n+](C)c(-c2c(C)ccc3c2oc2nc4c(cc23)C(C)(C)c2ccccc2-4)c1. The first-order chi connectivity index (χ1) is 60.6. The highest BCUT2D eigenvalue weighted by Gasteiger charge is 2.45. The average molecular weight is 1650 g/mol. The van der Waals surface area contributed by atoms with E-state index in [2.05, 4.69) is 388 Å². The molecule has 126 heavy (non-hydrogen) atoms. The predicted octanol–water partition coefficient (Wildman–Crippen LogP) is 26.4. The summed E-state index contributed by atoms with van der Waals surface area (Å²) in [7, 11) is 8.36. The van der Waals surface area contributed by atoms with E-state index in [4.69, 9.17) is 37.6 Å². The molecule has 24 rings (SSSR count). The Balaban J connectivity index is 0.000000103. The van der Waals surface area contributed by atoms with Crippen LogP contribution in [0.15, 0.2) is 261 Å². The molecule has 12 aromatic heterocycles. The van der Waals surface area contributed by atoms with Crippen molar-refractivity contribution in [2.75, 3.05) is 0 Å². The minimum atomic E-state index is -0.138. The van der Waals surface area contributed by atoms with E-state index < -0.39 is 0 Å². The zero-order valence-electron chi connectivity index (χ0n) is 75.7. The molecule has 0 unspecified atom stereocenters. The smallest absolute Gasteiger partial charge is 0.227 e. The van der Waals surface area contributed by atoms with E-state index in [1.54, 1.807) is 0 Å². The highest BCUT2D eigenvalue weighted by Crippen LogP contribution is 2.57. The van der Waals surface area contributed by atoms with Gasteiger partial charge in [0.2, 0.25) is 39.9 Å². The molecule has 12 heteroatoms. The first kappa shape index (κ1) is 79.3.